The Labute approximate surface area is 235 Å². The molecule has 2 heterocycles. The molecule has 0 radical (unpaired) electrons. The van der Waals surface area contributed by atoms with Crippen molar-refractivity contribution in [2.24, 2.45) is 0 Å². The maximum Gasteiger partial charge on any atom is 0.234 e. The highest BCUT2D eigenvalue weighted by atomic mass is 32.2. The lowest BCUT2D eigenvalue weighted by atomic mass is 9.98. The number of hydrogen-bond donors (Lipinski definition) is 2. The summed E-state index contributed by atoms with van der Waals surface area (Å²) in [4.78, 5) is 20.9. The minimum Gasteiger partial charge on any atom is -0.493 e. The molecule has 0 unspecified atom stereocenters. The van der Waals surface area contributed by atoms with E-state index < -0.39 is 0 Å². The van der Waals surface area contributed by atoms with Crippen LogP contribution >= 0.6 is 11.8 Å². The molecular formula is C31H26N4O4S. The van der Waals surface area contributed by atoms with E-state index in [2.05, 4.69) is 16.4 Å². The Bertz CT molecular complexity index is 1700. The van der Waals surface area contributed by atoms with Crippen LogP contribution in [0.15, 0.2) is 84.0 Å². The van der Waals surface area contributed by atoms with E-state index in [4.69, 9.17) is 19.2 Å². The van der Waals surface area contributed by atoms with E-state index in [1.807, 2.05) is 66.9 Å². The standard InChI is InChI=1S/C31H26N4O4S/c1-37-27-13-21(14-28(38-2)30(27)39-3)23-16-26(19-7-5-4-6-8-19)35-31(24(23)17-32)40-18-29(36)34-22-10-9-20-11-12-33-25(20)15-22/h4-16,33H,18H2,1-3H3,(H,34,36). The molecule has 0 aliphatic carbocycles. The van der Waals surface area contributed by atoms with Gasteiger partial charge in [-0.15, -0.1) is 0 Å². The number of amides is 1. The zero-order valence-electron chi connectivity index (χ0n) is 22.1. The smallest absolute Gasteiger partial charge is 0.234 e. The summed E-state index contributed by atoms with van der Waals surface area (Å²) in [5.74, 6) is 1.24. The molecule has 0 aliphatic heterocycles. The number of methoxy groups -OCH3 is 3. The molecule has 5 aromatic rings. The number of ether oxygens (including phenoxy) is 3. The van der Waals surface area contributed by atoms with Crippen LogP contribution in [0.1, 0.15) is 5.56 Å². The summed E-state index contributed by atoms with van der Waals surface area (Å²) in [6.45, 7) is 0. The molecule has 200 valence electrons. The van der Waals surface area contributed by atoms with Crippen molar-refractivity contribution in [3.63, 3.8) is 0 Å². The summed E-state index contributed by atoms with van der Waals surface area (Å²) in [6, 6.07) is 25.1. The number of hydrogen-bond acceptors (Lipinski definition) is 7. The summed E-state index contributed by atoms with van der Waals surface area (Å²) in [5.41, 5.74) is 4.84. The summed E-state index contributed by atoms with van der Waals surface area (Å²) in [6.07, 6.45) is 1.85. The van der Waals surface area contributed by atoms with Crippen LogP contribution in [0.4, 0.5) is 5.69 Å². The first-order valence-corrected chi connectivity index (χ1v) is 13.3. The van der Waals surface area contributed by atoms with Gasteiger partial charge in [0.15, 0.2) is 11.5 Å². The number of thioether (sulfide) groups is 1. The summed E-state index contributed by atoms with van der Waals surface area (Å²) < 4.78 is 16.6. The summed E-state index contributed by atoms with van der Waals surface area (Å²) >= 11 is 1.21. The Morgan fingerprint density at radius 1 is 0.950 bits per heavy atom. The van der Waals surface area contributed by atoms with E-state index in [0.717, 1.165) is 16.5 Å². The molecule has 0 saturated heterocycles. The zero-order chi connectivity index (χ0) is 28.1. The number of H-pyrrole nitrogens is 1. The van der Waals surface area contributed by atoms with Crippen LogP contribution in [0.2, 0.25) is 0 Å². The number of pyridine rings is 1. The molecule has 0 aliphatic rings. The van der Waals surface area contributed by atoms with Crippen molar-refractivity contribution in [1.29, 1.82) is 5.26 Å². The lowest BCUT2D eigenvalue weighted by Crippen LogP contribution is -2.14. The topological polar surface area (TPSA) is 109 Å². The van der Waals surface area contributed by atoms with Gasteiger partial charge in [0.2, 0.25) is 11.7 Å². The zero-order valence-corrected chi connectivity index (χ0v) is 23.0. The number of nitrogens with zero attached hydrogens (tertiary/aromatic N) is 2. The largest absolute Gasteiger partial charge is 0.493 e. The summed E-state index contributed by atoms with van der Waals surface area (Å²) in [7, 11) is 4.63. The molecular weight excluding hydrogens is 524 g/mol. The number of nitriles is 1. The van der Waals surface area contributed by atoms with Crippen LogP contribution in [0.5, 0.6) is 17.2 Å². The molecule has 2 N–H and O–H groups in total. The molecule has 3 aromatic carbocycles. The van der Waals surface area contributed by atoms with E-state index in [-0.39, 0.29) is 11.7 Å². The fourth-order valence-electron chi connectivity index (χ4n) is 4.41. The molecule has 0 fully saturated rings. The van der Waals surface area contributed by atoms with Gasteiger partial charge >= 0.3 is 0 Å². The highest BCUT2D eigenvalue weighted by Gasteiger charge is 2.21. The number of rotatable bonds is 9. The minimum atomic E-state index is -0.207. The maximum atomic E-state index is 12.9. The lowest BCUT2D eigenvalue weighted by molar-refractivity contribution is -0.113. The van der Waals surface area contributed by atoms with E-state index in [1.54, 1.807) is 26.4 Å². The van der Waals surface area contributed by atoms with Gasteiger partial charge in [-0.3, -0.25) is 4.79 Å². The number of aromatic nitrogens is 2. The third kappa shape index (κ3) is 5.44. The van der Waals surface area contributed by atoms with Crippen LogP contribution < -0.4 is 19.5 Å². The first kappa shape index (κ1) is 26.7. The van der Waals surface area contributed by atoms with Crippen LogP contribution in [-0.2, 0) is 4.79 Å². The van der Waals surface area contributed by atoms with Gasteiger partial charge in [-0.1, -0.05) is 48.2 Å². The van der Waals surface area contributed by atoms with Crippen molar-refractivity contribution in [1.82, 2.24) is 9.97 Å². The Balaban J connectivity index is 1.53. The number of benzene rings is 3. The van der Waals surface area contributed by atoms with Gasteiger partial charge in [0, 0.05) is 28.5 Å². The first-order chi connectivity index (χ1) is 19.5. The molecule has 1 amide bonds. The van der Waals surface area contributed by atoms with Gasteiger partial charge in [-0.2, -0.15) is 5.26 Å². The highest BCUT2D eigenvalue weighted by Crippen LogP contribution is 2.43. The normalized spacial score (nSPS) is 10.7. The first-order valence-electron chi connectivity index (χ1n) is 12.3. The SMILES string of the molecule is COc1cc(-c2cc(-c3ccccc3)nc(SCC(=O)Nc3ccc4cc[nH]c4c3)c2C#N)cc(OC)c1OC. The maximum absolute atomic E-state index is 12.9. The summed E-state index contributed by atoms with van der Waals surface area (Å²) in [5, 5.41) is 14.7. The van der Waals surface area contributed by atoms with Crippen molar-refractivity contribution >= 4 is 34.3 Å². The number of fused-ring (bicyclic) bond motifs is 1. The van der Waals surface area contributed by atoms with Crippen molar-refractivity contribution in [2.75, 3.05) is 32.4 Å². The van der Waals surface area contributed by atoms with Gasteiger partial charge < -0.3 is 24.5 Å². The number of carbonyl (C=O) groups is 1. The van der Waals surface area contributed by atoms with Gasteiger partial charge in [-0.05, 0) is 47.3 Å². The van der Waals surface area contributed by atoms with Gasteiger partial charge in [0.25, 0.3) is 0 Å². The second-order valence-corrected chi connectivity index (χ2v) is 9.71. The van der Waals surface area contributed by atoms with Gasteiger partial charge in [-0.25, -0.2) is 4.98 Å². The third-order valence-electron chi connectivity index (χ3n) is 6.32. The van der Waals surface area contributed by atoms with Crippen molar-refractivity contribution in [2.45, 2.75) is 5.03 Å². The Morgan fingerprint density at radius 3 is 2.38 bits per heavy atom. The predicted molar refractivity (Wildman–Crippen MR) is 157 cm³/mol. The van der Waals surface area contributed by atoms with E-state index in [9.17, 15) is 10.1 Å². The highest BCUT2D eigenvalue weighted by molar-refractivity contribution is 8.00. The Morgan fingerprint density at radius 2 is 1.70 bits per heavy atom. The molecule has 0 saturated carbocycles. The molecule has 0 bridgehead atoms. The fourth-order valence-corrected chi connectivity index (χ4v) is 5.21. The molecule has 40 heavy (non-hydrogen) atoms. The van der Waals surface area contributed by atoms with E-state index in [0.29, 0.717) is 50.3 Å². The van der Waals surface area contributed by atoms with Gasteiger partial charge in [0.1, 0.15) is 11.1 Å². The van der Waals surface area contributed by atoms with Crippen molar-refractivity contribution < 1.29 is 19.0 Å². The second kappa shape index (κ2) is 11.8. The van der Waals surface area contributed by atoms with E-state index in [1.165, 1.54) is 18.9 Å². The number of carbonyl (C=O) groups excluding carboxylic acids is 1. The van der Waals surface area contributed by atoms with Crippen molar-refractivity contribution in [3.05, 3.63) is 84.6 Å². The number of anilines is 1. The molecule has 8 nitrogen and oxygen atoms in total. The Kier molecular flexibility index (Phi) is 7.89. The van der Waals surface area contributed by atoms with Crippen molar-refractivity contribution in [3.8, 4) is 45.7 Å². The number of nitrogens with one attached hydrogen (secondary N) is 2. The minimum absolute atomic E-state index is 0.0668. The quantitative estimate of drug-likeness (QED) is 0.201. The monoisotopic (exact) mass is 550 g/mol. The van der Waals surface area contributed by atoms with Crippen LogP contribution in [0, 0.1) is 11.3 Å². The van der Waals surface area contributed by atoms with E-state index >= 15 is 0 Å². The van der Waals surface area contributed by atoms with Crippen LogP contribution in [-0.4, -0.2) is 43.0 Å². The second-order valence-electron chi connectivity index (χ2n) is 8.74. The molecule has 0 spiro atoms. The fraction of sp³-hybridized carbons (Fsp3) is 0.129. The Hall–Kier alpha value is -4.94. The third-order valence-corrected chi connectivity index (χ3v) is 7.30. The van der Waals surface area contributed by atoms with Crippen LogP contribution in [0.25, 0.3) is 33.3 Å². The molecule has 9 heteroatoms. The number of aromatic amines is 1. The predicted octanol–water partition coefficient (Wildman–Crippen LogP) is 6.53. The van der Waals surface area contributed by atoms with Gasteiger partial charge in [0.05, 0.1) is 38.3 Å². The molecule has 2 aromatic heterocycles. The molecule has 0 atom stereocenters. The average molecular weight is 551 g/mol. The average Bonchev–Trinajstić information content (AvgIpc) is 3.47. The van der Waals surface area contributed by atoms with Crippen LogP contribution in [0.3, 0.4) is 0 Å². The lowest BCUT2D eigenvalue weighted by Gasteiger charge is -2.16. The molecule has 5 rings (SSSR count).